The molecule has 6 aromatic heterocycles. The van der Waals surface area contributed by atoms with E-state index >= 15 is 0 Å². The lowest BCUT2D eigenvalue weighted by atomic mass is 9.94. The first kappa shape index (κ1) is 83.8. The molecule has 0 spiro atoms. The monoisotopic (exact) mass is 1640 g/mol. The Morgan fingerprint density at radius 3 is 1.31 bits per heavy atom. The number of hydrogen-bond acceptors (Lipinski definition) is 21. The zero-order valence-corrected chi connectivity index (χ0v) is 67.4. The summed E-state index contributed by atoms with van der Waals surface area (Å²) in [6, 6.07) is 38.2. The number of aliphatic carboxylic acids is 1. The summed E-state index contributed by atoms with van der Waals surface area (Å²) in [5.74, 6) is -2.28. The number of carbonyl (C=O) groups is 6. The summed E-state index contributed by atoms with van der Waals surface area (Å²) in [4.78, 5) is 92.9. The van der Waals surface area contributed by atoms with Gasteiger partial charge in [0.05, 0.1) is 49.2 Å². The molecular formula is C84H88F2N12O17S2. The highest BCUT2D eigenvalue weighted by molar-refractivity contribution is 7.92. The number of ether oxygens (including phenoxy) is 2. The number of nitrogens with zero attached hydrogens (tertiary/aromatic N) is 7. The van der Waals surface area contributed by atoms with E-state index in [9.17, 15) is 54.4 Å². The Morgan fingerprint density at radius 1 is 0.530 bits per heavy atom. The molecular weight excluding hydrogens is 1550 g/mol. The van der Waals surface area contributed by atoms with Crippen LogP contribution in [0.5, 0.6) is 0 Å². The number of benzene rings is 6. The molecule has 2 saturated heterocycles. The van der Waals surface area contributed by atoms with Crippen LogP contribution >= 0.6 is 0 Å². The number of likely N-dealkylation sites (tertiary alicyclic amines) is 1. The van der Waals surface area contributed by atoms with Crippen molar-refractivity contribution in [2.24, 2.45) is 23.7 Å². The number of halogens is 2. The molecule has 0 saturated carbocycles. The Labute approximate surface area is 672 Å². The number of carboxylic acid groups (broad SMARTS) is 1. The average Bonchev–Trinajstić information content (AvgIpc) is 1.66. The van der Waals surface area contributed by atoms with Crippen LogP contribution in [0.25, 0.3) is 112 Å². The van der Waals surface area contributed by atoms with Crippen LogP contribution in [0.1, 0.15) is 74.1 Å². The number of amides is 5. The number of nitrogens with one attached hydrogen (secondary N) is 5. The number of carbonyl (C=O) groups excluding carboxylic acids is 5. The van der Waals surface area contributed by atoms with Gasteiger partial charge in [0.2, 0.25) is 37.7 Å². The van der Waals surface area contributed by atoms with Gasteiger partial charge in [-0.2, -0.15) is 9.97 Å². The second kappa shape index (κ2) is 36.0. The standard InChI is InChI=1S/C42H43FN6O8S.C35H32FN5O5S.C7H13NO4/c1-24(2)36(46-42(52)55-4)41(51)48-18-15-25(16-19-48)23-49(58(5,53)54)32-22-34-31(35(39(50)44-3)37(56-34)26-11-13-29(43)14-12-26)21-30(32)27-8-6-9-28(20-27)40-47-38-33(57-40)10-7-17-45-38;1-37-34(42)31-27-18-26(23-5-3-6-24(17-23)35-40-33-29(46-35)7-4-14-39-33)28(41(47(2,43)44)20-21-12-15-38-16-13-21)19-30(27)45-32(31)22-8-10-25(36)11-9-22;1-4(2)5(6(9)10)8-7(11)12-3/h6-14,17,20-22,24-25,36H,15-16,18-19,23H2,1-5H3,(H,44,50)(H,46,52);3-11,14,17-19,21,38H,12-13,15-16,20H2,1-2H3,(H,37,42);4-5H,1-3H3,(H,8,11)(H,9,10)/t36-;;/m0../s1. The van der Waals surface area contributed by atoms with Crippen molar-refractivity contribution < 1.29 is 86.6 Å². The molecule has 0 bridgehead atoms. The van der Waals surface area contributed by atoms with Gasteiger partial charge in [-0.25, -0.2) is 50.0 Å². The zero-order chi connectivity index (χ0) is 83.7. The van der Waals surface area contributed by atoms with Gasteiger partial charge in [-0.1, -0.05) is 52.0 Å². The number of hydrogen-bond donors (Lipinski definition) is 6. The fourth-order valence-corrected chi connectivity index (χ4v) is 16.1. The maximum Gasteiger partial charge on any atom is 0.407 e. The van der Waals surface area contributed by atoms with E-state index in [1.807, 2.05) is 56.3 Å². The van der Waals surface area contributed by atoms with Crippen LogP contribution in [0.2, 0.25) is 0 Å². The third-order valence-electron chi connectivity index (χ3n) is 20.3. The summed E-state index contributed by atoms with van der Waals surface area (Å²) < 4.78 is 119. The average molecular weight is 1640 g/mol. The van der Waals surface area contributed by atoms with Gasteiger partial charge in [-0.15, -0.1) is 0 Å². The second-order valence-corrected chi connectivity index (χ2v) is 32.8. The van der Waals surface area contributed by atoms with Gasteiger partial charge < -0.3 is 63.7 Å². The predicted molar refractivity (Wildman–Crippen MR) is 438 cm³/mol. The van der Waals surface area contributed by atoms with Gasteiger partial charge in [-0.05, 0) is 183 Å². The number of carboxylic acids is 1. The summed E-state index contributed by atoms with van der Waals surface area (Å²) >= 11 is 0. The lowest BCUT2D eigenvalue weighted by Crippen LogP contribution is -2.53. The molecule has 33 heteroatoms. The number of methoxy groups -OCH3 is 2. The van der Waals surface area contributed by atoms with Gasteiger partial charge in [0.15, 0.2) is 22.5 Å². The molecule has 2 aliphatic rings. The van der Waals surface area contributed by atoms with Crippen molar-refractivity contribution in [2.75, 3.05) is 88.7 Å². The molecule has 1 unspecified atom stereocenters. The molecule has 612 valence electrons. The normalized spacial score (nSPS) is 13.9. The van der Waals surface area contributed by atoms with Crippen molar-refractivity contribution in [3.8, 4) is 67.8 Å². The van der Waals surface area contributed by atoms with Crippen molar-refractivity contribution in [2.45, 2.75) is 65.5 Å². The molecule has 29 nitrogen and oxygen atoms in total. The third-order valence-corrected chi connectivity index (χ3v) is 22.6. The quantitative estimate of drug-likeness (QED) is 0.0367. The Morgan fingerprint density at radius 2 is 0.932 bits per heavy atom. The van der Waals surface area contributed by atoms with E-state index in [1.165, 1.54) is 79.6 Å². The summed E-state index contributed by atoms with van der Waals surface area (Å²) in [5, 5.41) is 23.0. The lowest BCUT2D eigenvalue weighted by molar-refractivity contribution is -0.140. The SMILES string of the molecule is CNC(=O)c1c(-c2ccc(F)cc2)oc2cc(N(CC3CCN(C(=O)[C@@H](NC(=O)OC)C(C)C)CC3)S(C)(=O)=O)c(-c3cccc(-c4nc5ncccc5o4)c3)cc12.CNC(=O)c1c(-c2ccc(F)cc2)oc2cc(N(CC3CCNCC3)S(C)(=O)=O)c(-c3cccc(-c4nc5ncccc5o4)c3)cc12.COC(=O)NC(C(=O)O)C(C)C. The number of oxazole rings is 2. The molecule has 117 heavy (non-hydrogen) atoms. The van der Waals surface area contributed by atoms with Crippen LogP contribution in [-0.4, -0.2) is 175 Å². The van der Waals surface area contributed by atoms with E-state index in [4.69, 9.17) is 27.5 Å². The van der Waals surface area contributed by atoms with E-state index in [0.29, 0.717) is 132 Å². The number of sulfonamides is 2. The molecule has 2 atom stereocenters. The van der Waals surface area contributed by atoms with E-state index in [1.54, 1.807) is 97.9 Å². The van der Waals surface area contributed by atoms with E-state index in [2.05, 4.69) is 51.3 Å². The van der Waals surface area contributed by atoms with Gasteiger partial charge >= 0.3 is 18.2 Å². The summed E-state index contributed by atoms with van der Waals surface area (Å²) in [7, 11) is -2.28. The number of aromatic nitrogens is 4. The van der Waals surface area contributed by atoms with Crippen LogP contribution in [0.4, 0.5) is 29.7 Å². The maximum atomic E-state index is 14.0. The summed E-state index contributed by atoms with van der Waals surface area (Å²) in [6.07, 6.45) is 6.84. The molecule has 0 radical (unpaired) electrons. The first-order chi connectivity index (χ1) is 55.9. The first-order valence-corrected chi connectivity index (χ1v) is 41.3. The molecule has 2 fully saturated rings. The molecule has 14 rings (SSSR count). The number of anilines is 2. The van der Waals surface area contributed by atoms with Gasteiger partial charge in [-0.3, -0.25) is 23.0 Å². The fraction of sp³-hybridized carbons (Fsp3) is 0.310. The number of furan rings is 2. The molecule has 8 heterocycles. The van der Waals surface area contributed by atoms with Gasteiger partial charge in [0.1, 0.15) is 46.4 Å². The number of alkyl carbamates (subject to hydrolysis) is 2. The molecule has 6 N–H and O–H groups in total. The maximum absolute atomic E-state index is 14.0. The van der Waals surface area contributed by atoms with Crippen molar-refractivity contribution >= 4 is 112 Å². The van der Waals surface area contributed by atoms with E-state index in [-0.39, 0.29) is 70.9 Å². The van der Waals surface area contributed by atoms with E-state index < -0.39 is 73.7 Å². The summed E-state index contributed by atoms with van der Waals surface area (Å²) in [5.41, 5.74) is 8.25. The topological polar surface area (TPSA) is 383 Å². The van der Waals surface area contributed by atoms with Crippen molar-refractivity contribution in [3.63, 3.8) is 0 Å². The Balaban J connectivity index is 0.000000192. The molecule has 5 amide bonds. The highest BCUT2D eigenvalue weighted by atomic mass is 32.2. The summed E-state index contributed by atoms with van der Waals surface area (Å²) in [6.45, 7) is 9.77. The predicted octanol–water partition coefficient (Wildman–Crippen LogP) is 13.5. The van der Waals surface area contributed by atoms with Crippen molar-refractivity contribution in [3.05, 3.63) is 181 Å². The van der Waals surface area contributed by atoms with Crippen LogP contribution in [0.3, 0.4) is 0 Å². The third kappa shape index (κ3) is 19.2. The largest absolute Gasteiger partial charge is 0.480 e. The minimum atomic E-state index is -3.96. The number of rotatable bonds is 22. The molecule has 0 aliphatic carbocycles. The molecule has 2 aliphatic heterocycles. The minimum absolute atomic E-state index is 0.0811. The minimum Gasteiger partial charge on any atom is -0.480 e. The number of fused-ring (bicyclic) bond motifs is 4. The zero-order valence-electron chi connectivity index (χ0n) is 65.7. The molecule has 6 aromatic carbocycles. The Hall–Kier alpha value is -12.6. The van der Waals surface area contributed by atoms with Crippen LogP contribution in [0.15, 0.2) is 176 Å². The van der Waals surface area contributed by atoms with Crippen LogP contribution < -0.4 is 35.2 Å². The van der Waals surface area contributed by atoms with Crippen molar-refractivity contribution in [1.29, 1.82) is 0 Å². The Bertz CT molecular complexity index is 5850. The first-order valence-electron chi connectivity index (χ1n) is 37.6. The highest BCUT2D eigenvalue weighted by Gasteiger charge is 2.36. The fourth-order valence-electron chi connectivity index (χ4n) is 14.2. The second-order valence-electron chi connectivity index (χ2n) is 29.0. The number of piperidine rings is 2. The van der Waals surface area contributed by atoms with Gasteiger partial charge in [0.25, 0.3) is 11.8 Å². The van der Waals surface area contributed by atoms with Gasteiger partial charge in [0, 0.05) is 109 Å². The Kier molecular flexibility index (Phi) is 25.8. The highest BCUT2D eigenvalue weighted by Crippen LogP contribution is 2.46. The lowest BCUT2D eigenvalue weighted by Gasteiger charge is -2.37. The van der Waals surface area contributed by atoms with Crippen molar-refractivity contribution in [1.82, 2.24) is 51.4 Å². The molecule has 12 aromatic rings. The van der Waals surface area contributed by atoms with Crippen LogP contribution in [-0.2, 0) is 39.1 Å². The number of pyridine rings is 2. The smallest absolute Gasteiger partial charge is 0.407 e. The van der Waals surface area contributed by atoms with E-state index in [0.717, 1.165) is 32.2 Å². The van der Waals surface area contributed by atoms with Crippen LogP contribution in [0, 0.1) is 35.3 Å².